The molecule has 41 heavy (non-hydrogen) atoms. The number of fused-ring (bicyclic) bond motifs is 2. The number of nitrogens with one attached hydrogen (secondary N) is 5. The number of amides is 3. The quantitative estimate of drug-likeness (QED) is 0.327. The molecule has 3 amide bonds. The van der Waals surface area contributed by atoms with Crippen LogP contribution in [0.3, 0.4) is 0 Å². The zero-order valence-electron chi connectivity index (χ0n) is 24.3. The molecule has 2 heterocycles. The number of hydrogen-bond acceptors (Lipinski definition) is 5. The molecule has 0 aliphatic carbocycles. The summed E-state index contributed by atoms with van der Waals surface area (Å²) in [6, 6.07) is 13.8. The maximum atomic E-state index is 13.7. The van der Waals surface area contributed by atoms with E-state index in [4.69, 9.17) is 4.74 Å². The number of carbonyl (C=O) groups is 3. The van der Waals surface area contributed by atoms with Gasteiger partial charge < -0.3 is 31.0 Å². The Hall–Kier alpha value is -3.85. The van der Waals surface area contributed by atoms with Gasteiger partial charge in [0.2, 0.25) is 17.7 Å². The molecule has 0 bridgehead atoms. The van der Waals surface area contributed by atoms with Crippen molar-refractivity contribution in [3.8, 4) is 5.75 Å². The molecular weight excluding hydrogens is 518 g/mol. The van der Waals surface area contributed by atoms with E-state index in [0.717, 1.165) is 47.0 Å². The summed E-state index contributed by atoms with van der Waals surface area (Å²) >= 11 is 0. The van der Waals surface area contributed by atoms with Gasteiger partial charge in [-0.25, -0.2) is 0 Å². The molecule has 3 atom stereocenters. The Balaban J connectivity index is 1.59. The van der Waals surface area contributed by atoms with Crippen molar-refractivity contribution < 1.29 is 19.1 Å². The second kappa shape index (κ2) is 14.7. The number of aromatic nitrogens is 1. The lowest BCUT2D eigenvalue weighted by atomic mass is 10.00. The molecule has 2 aromatic carbocycles. The molecule has 0 saturated carbocycles. The van der Waals surface area contributed by atoms with E-state index in [1.807, 2.05) is 75.5 Å². The minimum absolute atomic E-state index is 0.177. The minimum atomic E-state index is -0.788. The largest absolute Gasteiger partial charge is 0.492 e. The first kappa shape index (κ1) is 30.1. The van der Waals surface area contributed by atoms with Crippen LogP contribution in [0.4, 0.5) is 0 Å². The summed E-state index contributed by atoms with van der Waals surface area (Å²) < 4.78 is 6.12. The summed E-state index contributed by atoms with van der Waals surface area (Å²) in [5.74, 6) is -0.217. The van der Waals surface area contributed by atoms with Gasteiger partial charge in [0.25, 0.3) is 0 Å². The number of para-hydroxylation sites is 2. The van der Waals surface area contributed by atoms with Crippen molar-refractivity contribution in [3.05, 3.63) is 65.9 Å². The molecule has 0 unspecified atom stereocenters. The van der Waals surface area contributed by atoms with E-state index in [9.17, 15) is 14.4 Å². The van der Waals surface area contributed by atoms with Crippen molar-refractivity contribution in [2.75, 3.05) is 19.7 Å². The maximum Gasteiger partial charge on any atom is 0.243 e. The molecule has 0 spiro atoms. The van der Waals surface area contributed by atoms with Gasteiger partial charge in [-0.2, -0.15) is 0 Å². The Kier molecular flexibility index (Phi) is 10.8. The highest BCUT2D eigenvalue weighted by molar-refractivity contribution is 5.93. The molecule has 9 heteroatoms. The van der Waals surface area contributed by atoms with E-state index in [1.54, 1.807) is 0 Å². The predicted molar refractivity (Wildman–Crippen MR) is 161 cm³/mol. The fraction of sp³-hybridized carbons (Fsp3) is 0.469. The molecule has 3 aromatic rings. The molecule has 5 N–H and O–H groups in total. The van der Waals surface area contributed by atoms with Crippen molar-refractivity contribution in [3.63, 3.8) is 0 Å². The Morgan fingerprint density at radius 1 is 0.902 bits per heavy atom. The van der Waals surface area contributed by atoms with E-state index < -0.39 is 18.1 Å². The molecule has 220 valence electrons. The van der Waals surface area contributed by atoms with Crippen molar-refractivity contribution in [2.24, 2.45) is 5.92 Å². The summed E-state index contributed by atoms with van der Waals surface area (Å²) in [7, 11) is 0. The van der Waals surface area contributed by atoms with Crippen LogP contribution >= 0.6 is 0 Å². The highest BCUT2D eigenvalue weighted by atomic mass is 16.5. The molecular formula is C32H43N5O4. The normalized spacial score (nSPS) is 21.7. The monoisotopic (exact) mass is 561 g/mol. The third kappa shape index (κ3) is 8.10. The third-order valence-electron chi connectivity index (χ3n) is 7.52. The molecule has 0 saturated heterocycles. The Labute approximate surface area is 242 Å². The van der Waals surface area contributed by atoms with E-state index in [-0.39, 0.29) is 23.6 Å². The summed E-state index contributed by atoms with van der Waals surface area (Å²) in [6.07, 6.45) is 5.10. The predicted octanol–water partition coefficient (Wildman–Crippen LogP) is 3.24. The van der Waals surface area contributed by atoms with Crippen LogP contribution in [0.25, 0.3) is 10.9 Å². The van der Waals surface area contributed by atoms with Crippen LogP contribution in [-0.2, 0) is 27.2 Å². The van der Waals surface area contributed by atoms with Gasteiger partial charge in [-0.15, -0.1) is 0 Å². The van der Waals surface area contributed by atoms with Gasteiger partial charge in [-0.1, -0.05) is 63.6 Å². The van der Waals surface area contributed by atoms with Gasteiger partial charge in [-0.3, -0.25) is 14.4 Å². The topological polar surface area (TPSA) is 124 Å². The summed E-state index contributed by atoms with van der Waals surface area (Å²) in [5.41, 5.74) is 3.07. The Morgan fingerprint density at radius 3 is 2.49 bits per heavy atom. The molecule has 1 aliphatic heterocycles. The van der Waals surface area contributed by atoms with Crippen molar-refractivity contribution >= 4 is 28.6 Å². The van der Waals surface area contributed by atoms with E-state index in [1.165, 1.54) is 0 Å². The van der Waals surface area contributed by atoms with Crippen molar-refractivity contribution in [1.29, 1.82) is 0 Å². The number of hydrogen-bond donors (Lipinski definition) is 5. The van der Waals surface area contributed by atoms with Crippen LogP contribution < -0.4 is 26.0 Å². The highest BCUT2D eigenvalue weighted by Gasteiger charge is 2.31. The van der Waals surface area contributed by atoms with E-state index in [0.29, 0.717) is 32.5 Å². The number of rotatable bonds is 5. The molecule has 0 fully saturated rings. The fourth-order valence-corrected chi connectivity index (χ4v) is 5.24. The number of carbonyl (C=O) groups excluding carboxylic acids is 3. The van der Waals surface area contributed by atoms with Gasteiger partial charge in [0.1, 0.15) is 24.4 Å². The van der Waals surface area contributed by atoms with Crippen LogP contribution in [0, 0.1) is 5.92 Å². The van der Waals surface area contributed by atoms with E-state index in [2.05, 4.69) is 26.3 Å². The smallest absolute Gasteiger partial charge is 0.243 e. The molecule has 9 nitrogen and oxygen atoms in total. The summed E-state index contributed by atoms with van der Waals surface area (Å²) in [5, 5.41) is 13.3. The zero-order chi connectivity index (χ0) is 29.2. The lowest BCUT2D eigenvalue weighted by Gasteiger charge is -2.27. The number of benzene rings is 2. The molecule has 4 rings (SSSR count). The second-order valence-electron chi connectivity index (χ2n) is 11.0. The Bertz CT molecular complexity index is 1320. The first-order valence-electron chi connectivity index (χ1n) is 14.7. The summed E-state index contributed by atoms with van der Waals surface area (Å²) in [6.45, 7) is 7.06. The SMILES string of the molecule is CCC[C@@H]1NC(=O)[C@@H](C(C)C)NC(=O)[C@@H](Cc2c[nH]c3ccccc23)NCCOc2ccccc2CCCNC1=O. The van der Waals surface area contributed by atoms with Gasteiger partial charge >= 0.3 is 0 Å². The zero-order valence-corrected chi connectivity index (χ0v) is 24.3. The van der Waals surface area contributed by atoms with Gasteiger partial charge in [0, 0.05) is 30.2 Å². The van der Waals surface area contributed by atoms with Crippen molar-refractivity contribution in [1.82, 2.24) is 26.3 Å². The van der Waals surface area contributed by atoms with E-state index >= 15 is 0 Å². The number of ether oxygens (including phenoxy) is 1. The average Bonchev–Trinajstić information content (AvgIpc) is 3.37. The van der Waals surface area contributed by atoms with Crippen molar-refractivity contribution in [2.45, 2.75) is 71.0 Å². The first-order valence-corrected chi connectivity index (χ1v) is 14.7. The van der Waals surface area contributed by atoms with Crippen LogP contribution in [0.2, 0.25) is 0 Å². The molecule has 1 aliphatic rings. The lowest BCUT2D eigenvalue weighted by molar-refractivity contribution is -0.133. The van der Waals surface area contributed by atoms with Gasteiger partial charge in [0.05, 0.1) is 6.04 Å². The van der Waals surface area contributed by atoms with Crippen LogP contribution in [0.15, 0.2) is 54.7 Å². The highest BCUT2D eigenvalue weighted by Crippen LogP contribution is 2.21. The number of aromatic amines is 1. The van der Waals surface area contributed by atoms with Crippen LogP contribution in [-0.4, -0.2) is 60.5 Å². The second-order valence-corrected chi connectivity index (χ2v) is 11.0. The summed E-state index contributed by atoms with van der Waals surface area (Å²) in [4.78, 5) is 43.4. The maximum absolute atomic E-state index is 13.7. The number of aryl methyl sites for hydroxylation is 1. The lowest BCUT2D eigenvalue weighted by Crippen LogP contribution is -2.58. The Morgan fingerprint density at radius 2 is 1.68 bits per heavy atom. The molecule has 1 aromatic heterocycles. The first-order chi connectivity index (χ1) is 19.9. The molecule has 0 radical (unpaired) electrons. The fourth-order valence-electron chi connectivity index (χ4n) is 5.24. The average molecular weight is 562 g/mol. The van der Waals surface area contributed by atoms with Crippen LogP contribution in [0.1, 0.15) is 51.2 Å². The van der Waals surface area contributed by atoms with Crippen LogP contribution in [0.5, 0.6) is 5.75 Å². The standard InChI is InChI=1S/C32H43N5O4/c1-4-10-26-30(38)34-16-9-12-22-11-5-8-15-28(22)41-18-17-33-27(31(39)37-29(21(2)3)32(40)36-26)19-23-20-35-25-14-7-6-13-24(23)25/h5-8,11,13-15,20-21,26-27,29,33,35H,4,9-10,12,16-19H2,1-3H3,(H,34,38)(H,36,40)(H,37,39)/t26-,27+,29+/m0/s1. The minimum Gasteiger partial charge on any atom is -0.492 e. The van der Waals surface area contributed by atoms with Gasteiger partial charge in [-0.05, 0) is 54.9 Å². The van der Waals surface area contributed by atoms with Gasteiger partial charge in [0.15, 0.2) is 0 Å². The number of H-pyrrole nitrogens is 1. The third-order valence-corrected chi connectivity index (χ3v) is 7.52.